The summed E-state index contributed by atoms with van der Waals surface area (Å²) < 4.78 is 49.6. The summed E-state index contributed by atoms with van der Waals surface area (Å²) in [7, 11) is 0. The second kappa shape index (κ2) is 10.7. The zero-order chi connectivity index (χ0) is 25.0. The average Bonchev–Trinajstić information content (AvgIpc) is 3.54. The zero-order valence-corrected chi connectivity index (χ0v) is 20.1. The van der Waals surface area contributed by atoms with Gasteiger partial charge in [0.15, 0.2) is 0 Å². The van der Waals surface area contributed by atoms with Gasteiger partial charge in [-0.3, -0.25) is 4.79 Å². The fourth-order valence-electron chi connectivity index (χ4n) is 3.54. The number of hydrogen-bond acceptors (Lipinski definition) is 7. The molecule has 11 heteroatoms. The Hall–Kier alpha value is -3.05. The number of amides is 1. The minimum atomic E-state index is -4.63. The molecule has 0 bridgehead atoms. The Balaban J connectivity index is 1.54. The summed E-state index contributed by atoms with van der Waals surface area (Å²) in [6.07, 6.45) is 1.10. The molecule has 7 nitrogen and oxygen atoms in total. The zero-order valence-electron chi connectivity index (χ0n) is 19.3. The van der Waals surface area contributed by atoms with E-state index in [0.29, 0.717) is 42.6 Å². The molecule has 4 rings (SSSR count). The van der Waals surface area contributed by atoms with Crippen LogP contribution >= 0.6 is 11.3 Å². The van der Waals surface area contributed by atoms with Crippen LogP contribution in [0.3, 0.4) is 0 Å². The molecule has 0 saturated carbocycles. The maximum atomic E-state index is 13.1. The topological polar surface area (TPSA) is 86.2 Å². The summed E-state index contributed by atoms with van der Waals surface area (Å²) in [4.78, 5) is 25.4. The van der Waals surface area contributed by atoms with Crippen molar-refractivity contribution in [2.45, 2.75) is 38.9 Å². The van der Waals surface area contributed by atoms with Gasteiger partial charge in [0.2, 0.25) is 5.82 Å². The first-order chi connectivity index (χ1) is 16.7. The number of benzene rings is 1. The van der Waals surface area contributed by atoms with Crippen molar-refractivity contribution < 1.29 is 27.4 Å². The van der Waals surface area contributed by atoms with Crippen LogP contribution in [0.5, 0.6) is 5.75 Å². The number of halogens is 3. The molecule has 2 aromatic heterocycles. The van der Waals surface area contributed by atoms with E-state index in [1.807, 2.05) is 19.2 Å². The van der Waals surface area contributed by atoms with Crippen LogP contribution in [0.25, 0.3) is 10.6 Å². The largest absolute Gasteiger partial charge is 0.493 e. The molecule has 35 heavy (non-hydrogen) atoms. The number of nitrogens with one attached hydrogen (secondary N) is 1. The number of alkyl halides is 3. The number of carbonyl (C=O) groups excluding carboxylic acids is 1. The van der Waals surface area contributed by atoms with Crippen LogP contribution in [-0.4, -0.2) is 40.7 Å². The van der Waals surface area contributed by atoms with Crippen molar-refractivity contribution in [1.29, 1.82) is 0 Å². The Morgan fingerprint density at radius 2 is 2.00 bits per heavy atom. The molecule has 186 valence electrons. The first kappa shape index (κ1) is 25.1. The molecule has 1 amide bonds. The first-order valence-electron chi connectivity index (χ1n) is 11.2. The van der Waals surface area contributed by atoms with Crippen LogP contribution in [0.2, 0.25) is 0 Å². The van der Waals surface area contributed by atoms with E-state index < -0.39 is 23.9 Å². The van der Waals surface area contributed by atoms with Gasteiger partial charge < -0.3 is 14.8 Å². The summed E-state index contributed by atoms with van der Waals surface area (Å²) in [5, 5.41) is 3.57. The fourth-order valence-corrected chi connectivity index (χ4v) is 4.38. The van der Waals surface area contributed by atoms with Crippen molar-refractivity contribution in [2.24, 2.45) is 5.92 Å². The summed E-state index contributed by atoms with van der Waals surface area (Å²) in [6.45, 7) is 5.53. The van der Waals surface area contributed by atoms with Gasteiger partial charge in [-0.05, 0) is 38.0 Å². The number of ether oxygens (including phenoxy) is 2. The van der Waals surface area contributed by atoms with Crippen LogP contribution in [0.15, 0.2) is 36.8 Å². The van der Waals surface area contributed by atoms with Gasteiger partial charge in [-0.15, -0.1) is 11.3 Å². The lowest BCUT2D eigenvalue weighted by molar-refractivity contribution is -0.145. The Morgan fingerprint density at radius 1 is 1.23 bits per heavy atom. The molecule has 0 aliphatic carbocycles. The summed E-state index contributed by atoms with van der Waals surface area (Å²) in [5.41, 5.74) is 1.46. The van der Waals surface area contributed by atoms with Crippen LogP contribution in [0.4, 0.5) is 13.2 Å². The van der Waals surface area contributed by atoms with Gasteiger partial charge >= 0.3 is 6.18 Å². The summed E-state index contributed by atoms with van der Waals surface area (Å²) in [6, 6.07) is 4.63. The molecule has 3 heterocycles. The van der Waals surface area contributed by atoms with Crippen LogP contribution in [0.1, 0.15) is 52.9 Å². The number of hydrogen-bond donors (Lipinski definition) is 1. The highest BCUT2D eigenvalue weighted by atomic mass is 32.1. The number of aryl methyl sites for hydroxylation is 1. The molecule has 1 aliphatic rings. The predicted molar refractivity (Wildman–Crippen MR) is 124 cm³/mol. The molecule has 3 aromatic rings. The maximum Gasteiger partial charge on any atom is 0.451 e. The lowest BCUT2D eigenvalue weighted by atomic mass is 10.1. The highest BCUT2D eigenvalue weighted by Gasteiger charge is 2.34. The quantitative estimate of drug-likeness (QED) is 0.458. The lowest BCUT2D eigenvalue weighted by Crippen LogP contribution is -2.27. The minimum absolute atomic E-state index is 0.294. The monoisotopic (exact) mass is 506 g/mol. The normalized spacial score (nSPS) is 16.8. The van der Waals surface area contributed by atoms with Gasteiger partial charge in [-0.2, -0.15) is 13.2 Å². The van der Waals surface area contributed by atoms with Crippen LogP contribution in [-0.2, 0) is 17.3 Å². The fraction of sp³-hybridized carbons (Fsp3) is 0.417. The van der Waals surface area contributed by atoms with Crippen molar-refractivity contribution >= 4 is 17.2 Å². The molecule has 1 unspecified atom stereocenters. The summed E-state index contributed by atoms with van der Waals surface area (Å²) >= 11 is 1.55. The number of rotatable bonds is 8. The number of thiazole rings is 1. The van der Waals surface area contributed by atoms with E-state index in [-0.39, 0.29) is 0 Å². The molecule has 1 aromatic carbocycles. The second-order valence-corrected chi connectivity index (χ2v) is 9.42. The average molecular weight is 507 g/mol. The van der Waals surface area contributed by atoms with Gasteiger partial charge in [0.25, 0.3) is 5.91 Å². The van der Waals surface area contributed by atoms with Crippen LogP contribution < -0.4 is 10.1 Å². The van der Waals surface area contributed by atoms with Gasteiger partial charge in [0.05, 0.1) is 19.3 Å². The summed E-state index contributed by atoms with van der Waals surface area (Å²) in [5.74, 6) is -0.794. The minimum Gasteiger partial charge on any atom is -0.493 e. The van der Waals surface area contributed by atoms with Crippen LogP contribution in [0, 0.1) is 5.92 Å². The Kier molecular flexibility index (Phi) is 7.66. The van der Waals surface area contributed by atoms with E-state index in [0.717, 1.165) is 40.7 Å². The molecule has 1 fully saturated rings. The van der Waals surface area contributed by atoms with Crippen molar-refractivity contribution in [1.82, 2.24) is 20.3 Å². The van der Waals surface area contributed by atoms with E-state index in [2.05, 4.69) is 20.3 Å². The number of nitrogens with zero attached hydrogens (tertiary/aromatic N) is 3. The molecule has 0 spiro atoms. The third-order valence-electron chi connectivity index (χ3n) is 5.60. The van der Waals surface area contributed by atoms with Crippen molar-refractivity contribution in [3.63, 3.8) is 0 Å². The maximum absolute atomic E-state index is 13.1. The Labute approximate surface area is 204 Å². The van der Waals surface area contributed by atoms with Gasteiger partial charge in [0.1, 0.15) is 10.8 Å². The van der Waals surface area contributed by atoms with E-state index >= 15 is 0 Å². The molecule has 1 saturated heterocycles. The van der Waals surface area contributed by atoms with Gasteiger partial charge in [-0.1, -0.05) is 6.92 Å². The number of carbonyl (C=O) groups is 1. The van der Waals surface area contributed by atoms with E-state index in [4.69, 9.17) is 9.47 Å². The highest BCUT2D eigenvalue weighted by molar-refractivity contribution is 7.15. The first-order valence-corrected chi connectivity index (χ1v) is 12.0. The molecular weight excluding hydrogens is 481 g/mol. The third kappa shape index (κ3) is 6.34. The molecular formula is C24H25F3N4O3S. The van der Waals surface area contributed by atoms with E-state index in [9.17, 15) is 18.0 Å². The van der Waals surface area contributed by atoms with Crippen molar-refractivity contribution in [3.8, 4) is 16.3 Å². The predicted octanol–water partition coefficient (Wildman–Crippen LogP) is 5.09. The lowest BCUT2D eigenvalue weighted by Gasteiger charge is -2.16. The van der Waals surface area contributed by atoms with Crippen molar-refractivity contribution in [3.05, 3.63) is 58.6 Å². The smallest absolute Gasteiger partial charge is 0.451 e. The number of aromatic nitrogens is 3. The Bertz CT molecular complexity index is 1160. The van der Waals surface area contributed by atoms with E-state index in [1.165, 1.54) is 0 Å². The molecule has 2 atom stereocenters. The molecule has 1 N–H and O–H groups in total. The molecule has 1 aliphatic heterocycles. The Morgan fingerprint density at radius 3 is 2.63 bits per heavy atom. The van der Waals surface area contributed by atoms with E-state index in [1.54, 1.807) is 30.4 Å². The third-order valence-corrected chi connectivity index (χ3v) is 6.79. The highest BCUT2D eigenvalue weighted by Crippen LogP contribution is 2.31. The van der Waals surface area contributed by atoms with Crippen molar-refractivity contribution in [2.75, 3.05) is 19.8 Å². The van der Waals surface area contributed by atoms with Gasteiger partial charge in [-0.25, -0.2) is 15.0 Å². The SMILES string of the molecule is CCc1cnc(-c2cc(OC[C@@H]3CCOC3)cc(C(=O)NC(C)c3cnc(C(F)(F)F)nc3)c2)s1. The standard InChI is InChI=1S/C24H25F3N4O3S/c1-3-20-11-28-22(35-20)17-6-16(7-19(8-17)34-13-15-4-5-33-12-15)21(32)31-14(2)18-9-29-23(30-10-18)24(25,26)27/h6-11,14-15H,3-5,12-13H2,1-2H3,(H,31,32)/t14?,15-/m1/s1. The second-order valence-electron chi connectivity index (χ2n) is 8.30. The molecule has 0 radical (unpaired) electrons. The van der Waals surface area contributed by atoms with Gasteiger partial charge in [0, 0.05) is 52.7 Å².